The third kappa shape index (κ3) is 4.35. The summed E-state index contributed by atoms with van der Waals surface area (Å²) in [6.45, 7) is 11.4. The van der Waals surface area contributed by atoms with Gasteiger partial charge in [-0.2, -0.15) is 0 Å². The summed E-state index contributed by atoms with van der Waals surface area (Å²) in [6.07, 6.45) is 5.21. The second-order valence-electron chi connectivity index (χ2n) is 8.21. The molecule has 1 aliphatic heterocycles. The lowest BCUT2D eigenvalue weighted by atomic mass is 9.84. The normalized spacial score (nSPS) is 15.5. The number of rotatable bonds is 7. The molecule has 1 amide bonds. The molecule has 0 fully saturated rings. The molecule has 0 radical (unpaired) electrons. The Morgan fingerprint density at radius 2 is 1.97 bits per heavy atom. The highest BCUT2D eigenvalue weighted by Crippen LogP contribution is 2.43. The van der Waals surface area contributed by atoms with Gasteiger partial charge in [0.2, 0.25) is 11.8 Å². The third-order valence-corrected chi connectivity index (χ3v) is 7.20. The second-order valence-corrected chi connectivity index (χ2v) is 9.55. The molecule has 32 heavy (non-hydrogen) atoms. The zero-order chi connectivity index (χ0) is 22.7. The van der Waals surface area contributed by atoms with Gasteiger partial charge in [-0.3, -0.25) is 4.79 Å². The summed E-state index contributed by atoms with van der Waals surface area (Å²) in [5, 5.41) is 0. The number of carbonyl (C=O) groups excluding carboxylic acids is 1. The van der Waals surface area contributed by atoms with Crippen molar-refractivity contribution in [1.82, 2.24) is 9.88 Å². The van der Waals surface area contributed by atoms with Crippen molar-refractivity contribution in [2.45, 2.75) is 52.2 Å². The maximum absolute atomic E-state index is 12.5. The first-order chi connectivity index (χ1) is 15.5. The minimum atomic E-state index is -0.0247. The van der Waals surface area contributed by atoms with Gasteiger partial charge in [-0.05, 0) is 60.7 Å². The molecule has 0 saturated heterocycles. The fourth-order valence-corrected chi connectivity index (χ4v) is 5.58. The maximum atomic E-state index is 12.5. The van der Waals surface area contributed by atoms with Crippen molar-refractivity contribution < 1.29 is 9.53 Å². The van der Waals surface area contributed by atoms with Gasteiger partial charge in [0.25, 0.3) is 0 Å². The molecule has 1 aromatic carbocycles. The predicted molar refractivity (Wildman–Crippen MR) is 131 cm³/mol. The van der Waals surface area contributed by atoms with Crippen molar-refractivity contribution in [3.8, 4) is 17.0 Å². The number of hydrogen-bond acceptors (Lipinski definition) is 4. The SMILES string of the molecule is C=CC(=O)N1Cc2sc(C)cc2[C@@H](c2ccccc2-c2cccnc2OC(CC)CC)C1. The van der Waals surface area contributed by atoms with Gasteiger partial charge in [-0.1, -0.05) is 44.7 Å². The lowest BCUT2D eigenvalue weighted by Crippen LogP contribution is -2.37. The first-order valence-corrected chi connectivity index (χ1v) is 12.1. The largest absolute Gasteiger partial charge is 0.474 e. The van der Waals surface area contributed by atoms with Gasteiger partial charge < -0.3 is 9.64 Å². The van der Waals surface area contributed by atoms with Gasteiger partial charge in [0.1, 0.15) is 0 Å². The van der Waals surface area contributed by atoms with E-state index in [1.165, 1.54) is 27.0 Å². The van der Waals surface area contributed by atoms with Crippen molar-refractivity contribution in [3.05, 3.63) is 82.2 Å². The highest BCUT2D eigenvalue weighted by molar-refractivity contribution is 7.12. The first-order valence-electron chi connectivity index (χ1n) is 11.3. The van der Waals surface area contributed by atoms with Crippen molar-refractivity contribution in [1.29, 1.82) is 0 Å². The molecule has 0 unspecified atom stereocenters. The minimum absolute atomic E-state index is 0.0247. The van der Waals surface area contributed by atoms with Gasteiger partial charge in [-0.15, -0.1) is 11.3 Å². The molecule has 0 bridgehead atoms. The number of pyridine rings is 1. The number of nitrogens with zero attached hydrogens (tertiary/aromatic N) is 2. The summed E-state index contributed by atoms with van der Waals surface area (Å²) in [6, 6.07) is 14.8. The number of hydrogen-bond donors (Lipinski definition) is 0. The monoisotopic (exact) mass is 446 g/mol. The van der Waals surface area contributed by atoms with Crippen LogP contribution >= 0.6 is 11.3 Å². The zero-order valence-electron chi connectivity index (χ0n) is 19.0. The summed E-state index contributed by atoms with van der Waals surface area (Å²) in [4.78, 5) is 21.5. The van der Waals surface area contributed by atoms with Crippen LogP contribution in [0.2, 0.25) is 0 Å². The van der Waals surface area contributed by atoms with Crippen LogP contribution in [0.5, 0.6) is 5.88 Å². The summed E-state index contributed by atoms with van der Waals surface area (Å²) in [5.41, 5.74) is 4.61. The average Bonchev–Trinajstić information content (AvgIpc) is 3.21. The Morgan fingerprint density at radius 1 is 1.22 bits per heavy atom. The molecule has 4 rings (SSSR count). The van der Waals surface area contributed by atoms with E-state index in [1.54, 1.807) is 17.5 Å². The Balaban J connectivity index is 1.81. The Bertz CT molecular complexity index is 1120. The fourth-order valence-electron chi connectivity index (χ4n) is 4.47. The Morgan fingerprint density at radius 3 is 2.72 bits per heavy atom. The molecule has 3 heterocycles. The van der Waals surface area contributed by atoms with Crippen LogP contribution in [0.15, 0.2) is 61.3 Å². The van der Waals surface area contributed by atoms with Gasteiger partial charge in [0, 0.05) is 34.0 Å². The molecule has 0 aliphatic carbocycles. The number of benzene rings is 1. The molecule has 3 aromatic rings. The lowest BCUT2D eigenvalue weighted by molar-refractivity contribution is -0.127. The van der Waals surface area contributed by atoms with Crippen molar-refractivity contribution in [2.75, 3.05) is 6.54 Å². The van der Waals surface area contributed by atoms with Crippen molar-refractivity contribution in [2.24, 2.45) is 0 Å². The number of amides is 1. The maximum Gasteiger partial charge on any atom is 0.246 e. The van der Waals surface area contributed by atoms with Gasteiger partial charge in [0.05, 0.1) is 12.6 Å². The van der Waals surface area contributed by atoms with E-state index in [2.05, 4.69) is 68.7 Å². The van der Waals surface area contributed by atoms with Crippen molar-refractivity contribution >= 4 is 17.2 Å². The van der Waals surface area contributed by atoms with E-state index < -0.39 is 0 Å². The Hall–Kier alpha value is -2.92. The standard InChI is InChI=1S/C27H30N2O2S/c1-5-19(6-2)31-27-22(13-10-14-28-27)20-11-8-9-12-21(20)24-16-29(26(30)7-3)17-25-23(24)15-18(4)32-25/h7-15,19,24H,3,5-6,16-17H2,1-2,4H3/t24-/m1/s1. The molecule has 0 saturated carbocycles. The van der Waals surface area contributed by atoms with E-state index >= 15 is 0 Å². The summed E-state index contributed by atoms with van der Waals surface area (Å²) < 4.78 is 6.30. The van der Waals surface area contributed by atoms with Crippen LogP contribution in [-0.2, 0) is 11.3 Å². The van der Waals surface area contributed by atoms with Crippen LogP contribution in [0.25, 0.3) is 11.1 Å². The van der Waals surface area contributed by atoms with Gasteiger partial charge in [-0.25, -0.2) is 4.98 Å². The van der Waals surface area contributed by atoms with Gasteiger partial charge in [0.15, 0.2) is 0 Å². The molecule has 166 valence electrons. The molecule has 0 spiro atoms. The molecular formula is C27H30N2O2S. The van der Waals surface area contributed by atoms with E-state index in [1.807, 2.05) is 11.0 Å². The fraction of sp³-hybridized carbons (Fsp3) is 0.333. The number of aromatic nitrogens is 1. The molecular weight excluding hydrogens is 416 g/mol. The van der Waals surface area contributed by atoms with Crippen LogP contribution in [0.3, 0.4) is 0 Å². The van der Waals surface area contributed by atoms with Crippen LogP contribution < -0.4 is 4.74 Å². The molecule has 4 nitrogen and oxygen atoms in total. The van der Waals surface area contributed by atoms with Crippen LogP contribution in [0.4, 0.5) is 0 Å². The first kappa shape index (κ1) is 22.3. The van der Waals surface area contributed by atoms with Crippen LogP contribution in [0, 0.1) is 6.92 Å². The predicted octanol–water partition coefficient (Wildman–Crippen LogP) is 6.35. The number of aryl methyl sites for hydroxylation is 1. The zero-order valence-corrected chi connectivity index (χ0v) is 19.8. The number of ether oxygens (including phenoxy) is 1. The summed E-state index contributed by atoms with van der Waals surface area (Å²) >= 11 is 1.77. The lowest BCUT2D eigenvalue weighted by Gasteiger charge is -2.33. The number of carbonyl (C=O) groups is 1. The van der Waals surface area contributed by atoms with E-state index in [-0.39, 0.29) is 17.9 Å². The Kier molecular flexibility index (Phi) is 6.75. The molecule has 5 heteroatoms. The topological polar surface area (TPSA) is 42.4 Å². The summed E-state index contributed by atoms with van der Waals surface area (Å²) in [5.74, 6) is 0.735. The molecule has 2 aromatic heterocycles. The number of thiophene rings is 1. The van der Waals surface area contributed by atoms with E-state index in [0.717, 1.165) is 24.0 Å². The smallest absolute Gasteiger partial charge is 0.246 e. The molecule has 1 aliphatic rings. The average molecular weight is 447 g/mol. The van der Waals surface area contributed by atoms with E-state index in [4.69, 9.17) is 4.74 Å². The van der Waals surface area contributed by atoms with Crippen LogP contribution in [-0.4, -0.2) is 28.4 Å². The third-order valence-electron chi connectivity index (χ3n) is 6.15. The quantitative estimate of drug-likeness (QED) is 0.397. The molecule has 0 N–H and O–H groups in total. The molecule has 1 atom stereocenters. The number of fused-ring (bicyclic) bond motifs is 1. The van der Waals surface area contributed by atoms with Crippen LogP contribution in [0.1, 0.15) is 53.5 Å². The highest BCUT2D eigenvalue weighted by atomic mass is 32.1. The second kappa shape index (κ2) is 9.70. The van der Waals surface area contributed by atoms with E-state index in [9.17, 15) is 4.79 Å². The van der Waals surface area contributed by atoms with E-state index in [0.29, 0.717) is 19.0 Å². The minimum Gasteiger partial charge on any atom is -0.474 e. The Labute approximate surface area is 194 Å². The summed E-state index contributed by atoms with van der Waals surface area (Å²) in [7, 11) is 0. The van der Waals surface area contributed by atoms with Crippen molar-refractivity contribution in [3.63, 3.8) is 0 Å². The highest BCUT2D eigenvalue weighted by Gasteiger charge is 2.32. The van der Waals surface area contributed by atoms with Gasteiger partial charge >= 0.3 is 0 Å².